The summed E-state index contributed by atoms with van der Waals surface area (Å²) in [6.45, 7) is 0.939. The molecule has 4 rings (SSSR count). The van der Waals surface area contributed by atoms with Gasteiger partial charge in [0.2, 0.25) is 10.0 Å². The second-order valence-corrected chi connectivity index (χ2v) is 10.1. The average molecular weight is 465 g/mol. The lowest BCUT2D eigenvalue weighted by atomic mass is 10.1. The number of sulfonamides is 1. The molecule has 9 heteroatoms. The predicted molar refractivity (Wildman–Crippen MR) is 115 cm³/mol. The molecular formula is C23H26F2N2O4S. The second kappa shape index (κ2) is 9.64. The lowest BCUT2D eigenvalue weighted by Gasteiger charge is -2.30. The van der Waals surface area contributed by atoms with E-state index in [0.717, 1.165) is 25.7 Å². The number of carbonyl (C=O) groups is 1. The molecule has 6 nitrogen and oxygen atoms in total. The summed E-state index contributed by atoms with van der Waals surface area (Å²) in [5.74, 6) is -1.84. The Hall–Kier alpha value is -2.36. The van der Waals surface area contributed by atoms with Gasteiger partial charge in [0.05, 0.1) is 24.7 Å². The van der Waals surface area contributed by atoms with Crippen molar-refractivity contribution >= 4 is 15.9 Å². The van der Waals surface area contributed by atoms with E-state index in [4.69, 9.17) is 4.74 Å². The zero-order valence-corrected chi connectivity index (χ0v) is 18.5. The van der Waals surface area contributed by atoms with E-state index in [2.05, 4.69) is 0 Å². The van der Waals surface area contributed by atoms with Crippen molar-refractivity contribution in [1.82, 2.24) is 9.21 Å². The quantitative estimate of drug-likeness (QED) is 0.656. The third-order valence-corrected chi connectivity index (χ3v) is 8.00. The van der Waals surface area contributed by atoms with Crippen LogP contribution >= 0.6 is 0 Å². The SMILES string of the molecule is O=C(c1cccc(S(=O)(=O)N2CCOCC2)c1)N(Cc1c(F)cccc1F)C1CCCC1. The molecule has 0 unspecified atom stereocenters. The number of benzene rings is 2. The number of morpholine rings is 1. The van der Waals surface area contributed by atoms with Crippen molar-refractivity contribution in [2.24, 2.45) is 0 Å². The van der Waals surface area contributed by atoms with E-state index < -0.39 is 27.6 Å². The number of rotatable bonds is 6. The van der Waals surface area contributed by atoms with E-state index in [-0.39, 0.29) is 41.7 Å². The van der Waals surface area contributed by atoms with E-state index >= 15 is 0 Å². The van der Waals surface area contributed by atoms with Crippen LogP contribution in [0, 0.1) is 11.6 Å². The van der Waals surface area contributed by atoms with Gasteiger partial charge >= 0.3 is 0 Å². The fourth-order valence-corrected chi connectivity index (χ4v) is 5.78. The molecule has 1 heterocycles. The Morgan fingerprint density at radius 2 is 1.66 bits per heavy atom. The predicted octanol–water partition coefficient (Wildman–Crippen LogP) is 3.57. The van der Waals surface area contributed by atoms with Crippen molar-refractivity contribution in [3.05, 3.63) is 65.2 Å². The molecule has 1 aliphatic carbocycles. The number of carbonyl (C=O) groups excluding carboxylic acids is 1. The minimum Gasteiger partial charge on any atom is -0.379 e. The van der Waals surface area contributed by atoms with Crippen LogP contribution in [-0.4, -0.2) is 55.9 Å². The van der Waals surface area contributed by atoms with Crippen molar-refractivity contribution in [3.8, 4) is 0 Å². The van der Waals surface area contributed by atoms with Gasteiger partial charge in [0.25, 0.3) is 5.91 Å². The summed E-state index contributed by atoms with van der Waals surface area (Å²) in [6.07, 6.45) is 3.35. The van der Waals surface area contributed by atoms with E-state index in [1.54, 1.807) is 6.07 Å². The van der Waals surface area contributed by atoms with Gasteiger partial charge in [0.15, 0.2) is 0 Å². The first-order valence-electron chi connectivity index (χ1n) is 10.8. The van der Waals surface area contributed by atoms with Crippen LogP contribution in [0.2, 0.25) is 0 Å². The number of ether oxygens (including phenoxy) is 1. The van der Waals surface area contributed by atoms with Crippen LogP contribution in [0.4, 0.5) is 8.78 Å². The Morgan fingerprint density at radius 1 is 1.03 bits per heavy atom. The van der Waals surface area contributed by atoms with Crippen LogP contribution in [0.3, 0.4) is 0 Å². The Morgan fingerprint density at radius 3 is 2.31 bits per heavy atom. The number of hydrogen-bond donors (Lipinski definition) is 0. The highest BCUT2D eigenvalue weighted by atomic mass is 32.2. The van der Waals surface area contributed by atoms with Crippen molar-refractivity contribution in [1.29, 1.82) is 0 Å². The molecule has 1 saturated carbocycles. The Kier molecular flexibility index (Phi) is 6.88. The summed E-state index contributed by atoms with van der Waals surface area (Å²) < 4.78 is 61.2. The topological polar surface area (TPSA) is 66.9 Å². The first-order chi connectivity index (χ1) is 15.4. The van der Waals surface area contributed by atoms with E-state index in [1.807, 2.05) is 0 Å². The van der Waals surface area contributed by atoms with Crippen molar-refractivity contribution in [3.63, 3.8) is 0 Å². The van der Waals surface area contributed by atoms with Crippen LogP contribution in [0.5, 0.6) is 0 Å². The highest BCUT2D eigenvalue weighted by Gasteiger charge is 2.31. The van der Waals surface area contributed by atoms with E-state index in [9.17, 15) is 22.0 Å². The third kappa shape index (κ3) is 4.69. The van der Waals surface area contributed by atoms with Gasteiger partial charge in [-0.15, -0.1) is 0 Å². The Labute approximate surface area is 186 Å². The normalized spacial score (nSPS) is 18.1. The molecule has 172 valence electrons. The highest BCUT2D eigenvalue weighted by Crippen LogP contribution is 2.28. The van der Waals surface area contributed by atoms with Crippen LogP contribution in [-0.2, 0) is 21.3 Å². The first-order valence-corrected chi connectivity index (χ1v) is 12.2. The third-order valence-electron chi connectivity index (χ3n) is 6.11. The summed E-state index contributed by atoms with van der Waals surface area (Å²) in [4.78, 5) is 15.0. The smallest absolute Gasteiger partial charge is 0.254 e. The summed E-state index contributed by atoms with van der Waals surface area (Å²) in [5.41, 5.74) is 0.0211. The van der Waals surface area contributed by atoms with Crippen LogP contribution < -0.4 is 0 Å². The van der Waals surface area contributed by atoms with Gasteiger partial charge < -0.3 is 9.64 Å². The van der Waals surface area contributed by atoms with Gasteiger partial charge in [0, 0.05) is 30.3 Å². The highest BCUT2D eigenvalue weighted by molar-refractivity contribution is 7.89. The Balaban J connectivity index is 1.64. The molecule has 1 saturated heterocycles. The molecule has 1 amide bonds. The minimum absolute atomic E-state index is 0.0219. The minimum atomic E-state index is -3.77. The van der Waals surface area contributed by atoms with Crippen LogP contribution in [0.25, 0.3) is 0 Å². The van der Waals surface area contributed by atoms with Crippen LogP contribution in [0.1, 0.15) is 41.6 Å². The monoisotopic (exact) mass is 464 g/mol. The fourth-order valence-electron chi connectivity index (χ4n) is 4.33. The molecule has 0 radical (unpaired) electrons. The molecule has 1 aliphatic heterocycles. The van der Waals surface area contributed by atoms with Crippen molar-refractivity contribution in [2.45, 2.75) is 43.2 Å². The van der Waals surface area contributed by atoms with Gasteiger partial charge in [-0.1, -0.05) is 25.0 Å². The van der Waals surface area contributed by atoms with Gasteiger partial charge in [-0.05, 0) is 43.2 Å². The standard InChI is InChI=1S/C23H26F2N2O4S/c24-21-9-4-10-22(25)20(21)16-27(18-6-1-2-7-18)23(28)17-5-3-8-19(15-17)32(29,30)26-11-13-31-14-12-26/h3-5,8-10,15,18H,1-2,6-7,11-14,16H2. The zero-order valence-electron chi connectivity index (χ0n) is 17.7. The van der Waals surface area contributed by atoms with Gasteiger partial charge in [-0.2, -0.15) is 4.31 Å². The van der Waals surface area contributed by atoms with Gasteiger partial charge in [-0.3, -0.25) is 4.79 Å². The molecule has 2 fully saturated rings. The summed E-state index contributed by atoms with van der Waals surface area (Å²) in [5, 5.41) is 0. The molecule has 0 aromatic heterocycles. The molecule has 2 aliphatic rings. The molecular weight excluding hydrogens is 438 g/mol. The number of nitrogens with zero attached hydrogens (tertiary/aromatic N) is 2. The maximum Gasteiger partial charge on any atom is 0.254 e. The number of amides is 1. The summed E-state index contributed by atoms with van der Waals surface area (Å²) in [7, 11) is -3.77. The number of hydrogen-bond acceptors (Lipinski definition) is 4. The lowest BCUT2D eigenvalue weighted by molar-refractivity contribution is 0.0659. The largest absolute Gasteiger partial charge is 0.379 e. The van der Waals surface area contributed by atoms with Crippen LogP contribution in [0.15, 0.2) is 47.4 Å². The average Bonchev–Trinajstić information content (AvgIpc) is 3.34. The zero-order chi connectivity index (χ0) is 22.7. The fraction of sp³-hybridized carbons (Fsp3) is 0.435. The first kappa shape index (κ1) is 22.8. The second-order valence-electron chi connectivity index (χ2n) is 8.12. The molecule has 32 heavy (non-hydrogen) atoms. The molecule has 2 aromatic carbocycles. The molecule has 0 spiro atoms. The van der Waals surface area contributed by atoms with Gasteiger partial charge in [-0.25, -0.2) is 17.2 Å². The summed E-state index contributed by atoms with van der Waals surface area (Å²) in [6, 6.07) is 9.36. The molecule has 0 bridgehead atoms. The summed E-state index contributed by atoms with van der Waals surface area (Å²) >= 11 is 0. The molecule has 0 N–H and O–H groups in total. The van der Waals surface area contributed by atoms with Crippen molar-refractivity contribution < 1.29 is 26.7 Å². The van der Waals surface area contributed by atoms with Crippen molar-refractivity contribution in [2.75, 3.05) is 26.3 Å². The maximum absolute atomic E-state index is 14.3. The maximum atomic E-state index is 14.3. The molecule has 2 aromatic rings. The van der Waals surface area contributed by atoms with E-state index in [0.29, 0.717) is 13.2 Å². The molecule has 0 atom stereocenters. The van der Waals surface area contributed by atoms with E-state index in [1.165, 1.54) is 45.6 Å². The lowest BCUT2D eigenvalue weighted by Crippen LogP contribution is -2.41. The van der Waals surface area contributed by atoms with Gasteiger partial charge in [0.1, 0.15) is 11.6 Å². The number of halogens is 2. The Bertz CT molecular complexity index is 1060.